The van der Waals surface area contributed by atoms with Crippen molar-refractivity contribution in [2.75, 3.05) is 0 Å². The summed E-state index contributed by atoms with van der Waals surface area (Å²) in [5.74, 6) is 0. The van der Waals surface area contributed by atoms with Gasteiger partial charge >= 0.3 is 0 Å². The highest BCUT2D eigenvalue weighted by atomic mass is 35.5. The zero-order valence-corrected chi connectivity index (χ0v) is 9.33. The standard InChI is InChI=1S/C8H7Cl2N3S/c9-6-2-1-3-7(10)5(6)4-12-13-8(11)14/h1-4H,(H3,11,13,14)/b12-4+. The Labute approximate surface area is 96.9 Å². The van der Waals surface area contributed by atoms with Crippen LogP contribution < -0.4 is 11.2 Å². The van der Waals surface area contributed by atoms with Gasteiger partial charge in [-0.25, -0.2) is 0 Å². The molecule has 0 saturated carbocycles. The zero-order chi connectivity index (χ0) is 10.6. The number of thiocarbonyl (C=S) groups is 1. The third kappa shape index (κ3) is 3.14. The van der Waals surface area contributed by atoms with Gasteiger partial charge in [0.15, 0.2) is 5.11 Å². The molecule has 0 radical (unpaired) electrons. The summed E-state index contributed by atoms with van der Waals surface area (Å²) in [5.41, 5.74) is 8.21. The van der Waals surface area contributed by atoms with Crippen LogP contribution in [0.1, 0.15) is 5.56 Å². The number of nitrogens with two attached hydrogens (primary N) is 1. The first-order chi connectivity index (χ1) is 6.61. The lowest BCUT2D eigenvalue weighted by Gasteiger charge is -2.00. The molecule has 0 aliphatic carbocycles. The van der Waals surface area contributed by atoms with E-state index in [0.29, 0.717) is 15.6 Å². The molecule has 0 bridgehead atoms. The molecule has 1 aromatic carbocycles. The van der Waals surface area contributed by atoms with E-state index in [1.165, 1.54) is 6.21 Å². The second-order valence-corrected chi connectivity index (χ2v) is 3.62. The number of rotatable bonds is 2. The highest BCUT2D eigenvalue weighted by molar-refractivity contribution is 7.80. The monoisotopic (exact) mass is 247 g/mol. The molecule has 14 heavy (non-hydrogen) atoms. The maximum absolute atomic E-state index is 5.88. The second kappa shape index (κ2) is 5.14. The van der Waals surface area contributed by atoms with Crippen LogP contribution in [-0.2, 0) is 0 Å². The number of hydrogen-bond acceptors (Lipinski definition) is 2. The van der Waals surface area contributed by atoms with Crippen molar-refractivity contribution < 1.29 is 0 Å². The summed E-state index contributed by atoms with van der Waals surface area (Å²) in [6.07, 6.45) is 1.46. The van der Waals surface area contributed by atoms with E-state index < -0.39 is 0 Å². The SMILES string of the molecule is NC(=S)N/N=C/c1c(Cl)cccc1Cl. The van der Waals surface area contributed by atoms with Gasteiger partial charge in [-0.2, -0.15) is 5.10 Å². The lowest BCUT2D eigenvalue weighted by atomic mass is 10.2. The molecule has 0 heterocycles. The number of halogens is 2. The van der Waals surface area contributed by atoms with Crippen molar-refractivity contribution in [2.45, 2.75) is 0 Å². The maximum atomic E-state index is 5.88. The van der Waals surface area contributed by atoms with Gasteiger partial charge in [0.05, 0.1) is 16.3 Å². The van der Waals surface area contributed by atoms with Crippen LogP contribution in [0.15, 0.2) is 23.3 Å². The van der Waals surface area contributed by atoms with Gasteiger partial charge in [-0.1, -0.05) is 29.3 Å². The fraction of sp³-hybridized carbons (Fsp3) is 0. The fourth-order valence-corrected chi connectivity index (χ4v) is 1.34. The van der Waals surface area contributed by atoms with E-state index >= 15 is 0 Å². The quantitative estimate of drug-likeness (QED) is 0.479. The van der Waals surface area contributed by atoms with Gasteiger partial charge in [-0.15, -0.1) is 0 Å². The van der Waals surface area contributed by atoms with Crippen LogP contribution in [0.2, 0.25) is 10.0 Å². The van der Waals surface area contributed by atoms with Crippen molar-refractivity contribution in [2.24, 2.45) is 10.8 Å². The molecular formula is C8H7Cl2N3S. The van der Waals surface area contributed by atoms with Gasteiger partial charge in [0.1, 0.15) is 0 Å². The summed E-state index contributed by atoms with van der Waals surface area (Å²) in [4.78, 5) is 0. The van der Waals surface area contributed by atoms with E-state index in [1.807, 2.05) is 0 Å². The molecule has 3 N–H and O–H groups in total. The lowest BCUT2D eigenvalue weighted by Crippen LogP contribution is -2.24. The van der Waals surface area contributed by atoms with E-state index in [2.05, 4.69) is 22.7 Å². The molecule has 74 valence electrons. The zero-order valence-electron chi connectivity index (χ0n) is 7.00. The number of nitrogens with zero attached hydrogens (tertiary/aromatic N) is 1. The lowest BCUT2D eigenvalue weighted by molar-refractivity contribution is 1.04. The van der Waals surface area contributed by atoms with Crippen LogP contribution in [0.4, 0.5) is 0 Å². The van der Waals surface area contributed by atoms with Gasteiger partial charge in [-0.3, -0.25) is 5.43 Å². The molecule has 0 unspecified atom stereocenters. The topological polar surface area (TPSA) is 50.4 Å². The van der Waals surface area contributed by atoms with Crippen molar-refractivity contribution in [1.82, 2.24) is 5.43 Å². The summed E-state index contributed by atoms with van der Waals surface area (Å²) in [5, 5.41) is 4.88. The summed E-state index contributed by atoms with van der Waals surface area (Å²) < 4.78 is 0. The summed E-state index contributed by atoms with van der Waals surface area (Å²) in [6, 6.07) is 5.19. The van der Waals surface area contributed by atoms with E-state index in [-0.39, 0.29) is 5.11 Å². The number of benzene rings is 1. The van der Waals surface area contributed by atoms with Crippen molar-refractivity contribution in [3.05, 3.63) is 33.8 Å². The van der Waals surface area contributed by atoms with Gasteiger partial charge in [0, 0.05) is 5.56 Å². The second-order valence-electron chi connectivity index (χ2n) is 2.37. The first kappa shape index (κ1) is 11.2. The van der Waals surface area contributed by atoms with Gasteiger partial charge < -0.3 is 5.73 Å². The average Bonchev–Trinajstić information content (AvgIpc) is 2.09. The molecule has 0 atom stereocenters. The first-order valence-corrected chi connectivity index (χ1v) is 4.80. The van der Waals surface area contributed by atoms with Crippen LogP contribution in [0.3, 0.4) is 0 Å². The highest BCUT2D eigenvalue weighted by Crippen LogP contribution is 2.21. The summed E-state index contributed by atoms with van der Waals surface area (Å²) in [6.45, 7) is 0. The molecule has 0 amide bonds. The number of hydrogen-bond donors (Lipinski definition) is 2. The van der Waals surface area contributed by atoms with Crippen molar-refractivity contribution >= 4 is 46.7 Å². The Balaban J connectivity index is 2.85. The number of hydrazone groups is 1. The Morgan fingerprint density at radius 2 is 2.00 bits per heavy atom. The third-order valence-corrected chi connectivity index (χ3v) is 2.12. The molecule has 1 aromatic rings. The minimum atomic E-state index is 0.0874. The highest BCUT2D eigenvalue weighted by Gasteiger charge is 2.01. The Hall–Kier alpha value is -0.840. The molecule has 6 heteroatoms. The Morgan fingerprint density at radius 3 is 2.50 bits per heavy atom. The molecule has 0 aromatic heterocycles. The largest absolute Gasteiger partial charge is 0.375 e. The van der Waals surface area contributed by atoms with Crippen molar-refractivity contribution in [3.63, 3.8) is 0 Å². The maximum Gasteiger partial charge on any atom is 0.184 e. The van der Waals surface area contributed by atoms with Crippen LogP contribution in [0.25, 0.3) is 0 Å². The summed E-state index contributed by atoms with van der Waals surface area (Å²) >= 11 is 16.3. The smallest absolute Gasteiger partial charge is 0.184 e. The van der Waals surface area contributed by atoms with Crippen LogP contribution >= 0.6 is 35.4 Å². The third-order valence-electron chi connectivity index (χ3n) is 1.37. The molecule has 0 saturated heterocycles. The van der Waals surface area contributed by atoms with E-state index in [0.717, 1.165) is 0 Å². The summed E-state index contributed by atoms with van der Waals surface area (Å²) in [7, 11) is 0. The van der Waals surface area contributed by atoms with Crippen LogP contribution in [0.5, 0.6) is 0 Å². The Kier molecular flexibility index (Phi) is 4.13. The van der Waals surface area contributed by atoms with E-state index in [1.54, 1.807) is 18.2 Å². The molecule has 1 rings (SSSR count). The van der Waals surface area contributed by atoms with Crippen LogP contribution in [0, 0.1) is 0 Å². The molecular weight excluding hydrogens is 241 g/mol. The van der Waals surface area contributed by atoms with Gasteiger partial charge in [-0.05, 0) is 24.4 Å². The normalized spacial score (nSPS) is 10.4. The van der Waals surface area contributed by atoms with Crippen molar-refractivity contribution in [3.8, 4) is 0 Å². The minimum Gasteiger partial charge on any atom is -0.375 e. The molecule has 0 fully saturated rings. The molecule has 0 spiro atoms. The fourth-order valence-electron chi connectivity index (χ4n) is 0.794. The predicted molar refractivity (Wildman–Crippen MR) is 64.0 cm³/mol. The Bertz CT molecular complexity index is 359. The molecule has 0 aliphatic heterocycles. The Morgan fingerprint density at radius 1 is 1.43 bits per heavy atom. The van der Waals surface area contributed by atoms with Crippen LogP contribution in [-0.4, -0.2) is 11.3 Å². The van der Waals surface area contributed by atoms with Gasteiger partial charge in [0.25, 0.3) is 0 Å². The molecule has 0 aliphatic rings. The predicted octanol–water partition coefficient (Wildman–Crippen LogP) is 2.16. The van der Waals surface area contributed by atoms with E-state index in [4.69, 9.17) is 28.9 Å². The van der Waals surface area contributed by atoms with Gasteiger partial charge in [0.2, 0.25) is 0 Å². The van der Waals surface area contributed by atoms with E-state index in [9.17, 15) is 0 Å². The number of nitrogens with one attached hydrogen (secondary N) is 1. The average molecular weight is 248 g/mol. The minimum absolute atomic E-state index is 0.0874. The first-order valence-electron chi connectivity index (χ1n) is 3.64. The molecule has 3 nitrogen and oxygen atoms in total. The van der Waals surface area contributed by atoms with Crippen molar-refractivity contribution in [1.29, 1.82) is 0 Å².